The van der Waals surface area contributed by atoms with Crippen molar-refractivity contribution in [2.75, 3.05) is 19.5 Å². The Morgan fingerprint density at radius 1 is 1.52 bits per heavy atom. The van der Waals surface area contributed by atoms with Gasteiger partial charge in [0.05, 0.1) is 12.7 Å². The molecule has 112 valence electrons. The van der Waals surface area contributed by atoms with E-state index in [4.69, 9.17) is 15.1 Å². The maximum Gasteiger partial charge on any atom is 0.326 e. The molecule has 0 saturated heterocycles. The van der Waals surface area contributed by atoms with E-state index >= 15 is 0 Å². The fraction of sp³-hybridized carbons (Fsp3) is 0.357. The molecule has 0 saturated carbocycles. The van der Waals surface area contributed by atoms with Crippen molar-refractivity contribution in [1.29, 1.82) is 5.26 Å². The predicted molar refractivity (Wildman–Crippen MR) is 76.2 cm³/mol. The molecule has 1 aromatic carbocycles. The molecule has 0 aliphatic heterocycles. The van der Waals surface area contributed by atoms with Crippen molar-refractivity contribution in [3.05, 3.63) is 23.8 Å². The Bertz CT molecular complexity index is 580. The maximum atomic E-state index is 12.1. The Hall–Kier alpha value is -2.75. The van der Waals surface area contributed by atoms with E-state index in [9.17, 15) is 9.59 Å². The van der Waals surface area contributed by atoms with Crippen molar-refractivity contribution < 1.29 is 19.4 Å². The Labute approximate surface area is 122 Å². The number of carboxylic acids is 1. The molecule has 1 atom stereocenters. The molecule has 2 amide bonds. The van der Waals surface area contributed by atoms with Crippen LogP contribution in [-0.2, 0) is 4.79 Å². The Balaban J connectivity index is 3.03. The van der Waals surface area contributed by atoms with Crippen LogP contribution in [0.25, 0.3) is 0 Å². The van der Waals surface area contributed by atoms with Gasteiger partial charge in [-0.05, 0) is 18.6 Å². The van der Waals surface area contributed by atoms with Gasteiger partial charge in [-0.1, -0.05) is 13.0 Å². The van der Waals surface area contributed by atoms with Gasteiger partial charge in [0.2, 0.25) is 0 Å². The molecule has 0 bridgehead atoms. The number of likely N-dealkylation sites (N-methyl/N-ethyl adjacent to an activating group) is 1. The fourth-order valence-electron chi connectivity index (χ4n) is 1.87. The van der Waals surface area contributed by atoms with Crippen molar-refractivity contribution >= 4 is 17.7 Å². The van der Waals surface area contributed by atoms with Crippen LogP contribution >= 0.6 is 0 Å². The van der Waals surface area contributed by atoms with Gasteiger partial charge in [0, 0.05) is 7.05 Å². The second-order valence-corrected chi connectivity index (χ2v) is 4.30. The number of aliphatic carboxylic acids is 1. The minimum atomic E-state index is -1.09. The van der Waals surface area contributed by atoms with Gasteiger partial charge in [-0.15, -0.1) is 0 Å². The Kier molecular flexibility index (Phi) is 5.55. The third-order valence-electron chi connectivity index (χ3n) is 3.06. The van der Waals surface area contributed by atoms with Crippen molar-refractivity contribution in [3.63, 3.8) is 0 Å². The number of carbonyl (C=O) groups excluding carboxylic acids is 1. The number of methoxy groups -OCH3 is 1. The van der Waals surface area contributed by atoms with E-state index in [0.29, 0.717) is 5.75 Å². The Morgan fingerprint density at radius 2 is 2.19 bits per heavy atom. The molecular formula is C14H17N3O4. The van der Waals surface area contributed by atoms with Crippen LogP contribution < -0.4 is 10.1 Å². The number of urea groups is 1. The number of hydrogen-bond acceptors (Lipinski definition) is 4. The first kappa shape index (κ1) is 16.3. The largest absolute Gasteiger partial charge is 0.495 e. The lowest BCUT2D eigenvalue weighted by atomic mass is 10.1. The topological polar surface area (TPSA) is 103 Å². The van der Waals surface area contributed by atoms with Crippen LogP contribution in [0.5, 0.6) is 5.75 Å². The van der Waals surface area contributed by atoms with Crippen molar-refractivity contribution in [2.45, 2.75) is 19.4 Å². The summed E-state index contributed by atoms with van der Waals surface area (Å²) in [5.74, 6) is -0.755. The van der Waals surface area contributed by atoms with E-state index in [1.165, 1.54) is 20.2 Å². The summed E-state index contributed by atoms with van der Waals surface area (Å²) in [6, 6.07) is 5.16. The van der Waals surface area contributed by atoms with Gasteiger partial charge in [-0.3, -0.25) is 0 Å². The van der Waals surface area contributed by atoms with Crippen LogP contribution in [0, 0.1) is 11.3 Å². The van der Waals surface area contributed by atoms with Gasteiger partial charge in [0.25, 0.3) is 0 Å². The average molecular weight is 291 g/mol. The summed E-state index contributed by atoms with van der Waals surface area (Å²) in [7, 11) is 2.81. The van der Waals surface area contributed by atoms with Crippen LogP contribution in [-0.4, -0.2) is 42.2 Å². The lowest BCUT2D eigenvalue weighted by Gasteiger charge is -2.24. The summed E-state index contributed by atoms with van der Waals surface area (Å²) < 4.78 is 5.10. The first-order valence-corrected chi connectivity index (χ1v) is 6.29. The van der Waals surface area contributed by atoms with Gasteiger partial charge in [-0.2, -0.15) is 5.26 Å². The molecule has 1 rings (SSSR count). The van der Waals surface area contributed by atoms with Crippen molar-refractivity contribution in [1.82, 2.24) is 4.90 Å². The molecule has 0 aliphatic carbocycles. The van der Waals surface area contributed by atoms with Crippen LogP contribution in [0.2, 0.25) is 0 Å². The maximum absolute atomic E-state index is 12.1. The highest BCUT2D eigenvalue weighted by atomic mass is 16.5. The van der Waals surface area contributed by atoms with E-state index in [-0.39, 0.29) is 17.7 Å². The SMILES string of the molecule is CCC(C(=O)O)N(C)C(=O)Nc1c(C#N)cccc1OC. The number of rotatable bonds is 5. The second-order valence-electron chi connectivity index (χ2n) is 4.30. The number of nitrogens with zero attached hydrogens (tertiary/aromatic N) is 2. The first-order valence-electron chi connectivity index (χ1n) is 6.29. The summed E-state index contributed by atoms with van der Waals surface area (Å²) in [4.78, 5) is 24.3. The molecule has 0 aromatic heterocycles. The number of anilines is 1. The standard InChI is InChI=1S/C14H17N3O4/c1-4-10(13(18)19)17(2)14(20)16-12-9(8-15)6-5-7-11(12)21-3/h5-7,10H,4H2,1-3H3,(H,16,20)(H,18,19). The minimum absolute atomic E-state index is 0.222. The number of benzene rings is 1. The lowest BCUT2D eigenvalue weighted by Crippen LogP contribution is -2.44. The summed E-state index contributed by atoms with van der Waals surface area (Å²) >= 11 is 0. The summed E-state index contributed by atoms with van der Waals surface area (Å²) in [5.41, 5.74) is 0.457. The van der Waals surface area contributed by atoms with E-state index in [1.54, 1.807) is 19.1 Å². The number of ether oxygens (including phenoxy) is 1. The number of amides is 2. The molecule has 7 heteroatoms. The zero-order chi connectivity index (χ0) is 16.0. The van der Waals surface area contributed by atoms with Gasteiger partial charge in [0.15, 0.2) is 0 Å². The van der Waals surface area contributed by atoms with E-state index in [2.05, 4.69) is 5.32 Å². The number of hydrogen-bond donors (Lipinski definition) is 2. The molecule has 1 unspecified atom stereocenters. The minimum Gasteiger partial charge on any atom is -0.495 e. The van der Waals surface area contributed by atoms with Crippen LogP contribution in [0.3, 0.4) is 0 Å². The number of carbonyl (C=O) groups is 2. The van der Waals surface area contributed by atoms with Crippen LogP contribution in [0.1, 0.15) is 18.9 Å². The average Bonchev–Trinajstić information content (AvgIpc) is 2.47. The predicted octanol–water partition coefficient (Wildman–Crippen LogP) is 1.89. The van der Waals surface area contributed by atoms with Gasteiger partial charge in [-0.25, -0.2) is 9.59 Å². The Morgan fingerprint density at radius 3 is 2.67 bits per heavy atom. The van der Waals surface area contributed by atoms with Crippen molar-refractivity contribution in [3.8, 4) is 11.8 Å². The first-order chi connectivity index (χ1) is 9.96. The van der Waals surface area contributed by atoms with E-state index < -0.39 is 18.0 Å². The highest BCUT2D eigenvalue weighted by Gasteiger charge is 2.25. The highest BCUT2D eigenvalue weighted by molar-refractivity contribution is 5.94. The molecule has 1 aromatic rings. The molecule has 2 N–H and O–H groups in total. The molecule has 0 spiro atoms. The van der Waals surface area contributed by atoms with Gasteiger partial charge >= 0.3 is 12.0 Å². The van der Waals surface area contributed by atoms with Gasteiger partial charge in [0.1, 0.15) is 23.5 Å². The third kappa shape index (κ3) is 3.63. The summed E-state index contributed by atoms with van der Waals surface area (Å²) in [6.45, 7) is 1.67. The molecule has 0 radical (unpaired) electrons. The quantitative estimate of drug-likeness (QED) is 0.862. The number of nitriles is 1. The number of para-hydroxylation sites is 1. The van der Waals surface area contributed by atoms with E-state index in [1.807, 2.05) is 6.07 Å². The smallest absolute Gasteiger partial charge is 0.326 e. The fourth-order valence-corrected chi connectivity index (χ4v) is 1.87. The summed E-state index contributed by atoms with van der Waals surface area (Å²) in [6.07, 6.45) is 0.274. The molecule has 0 fully saturated rings. The second kappa shape index (κ2) is 7.14. The molecule has 21 heavy (non-hydrogen) atoms. The van der Waals surface area contributed by atoms with Crippen molar-refractivity contribution in [2.24, 2.45) is 0 Å². The zero-order valence-corrected chi connectivity index (χ0v) is 12.1. The molecule has 0 aliphatic rings. The van der Waals surface area contributed by atoms with Crippen LogP contribution in [0.15, 0.2) is 18.2 Å². The molecule has 7 nitrogen and oxygen atoms in total. The molecule has 0 heterocycles. The van der Waals surface area contributed by atoms with E-state index in [0.717, 1.165) is 4.90 Å². The normalized spacial score (nSPS) is 11.1. The van der Waals surface area contributed by atoms with Crippen LogP contribution in [0.4, 0.5) is 10.5 Å². The number of carboxylic acid groups (broad SMARTS) is 1. The molecular weight excluding hydrogens is 274 g/mol. The zero-order valence-electron chi connectivity index (χ0n) is 12.1. The van der Waals surface area contributed by atoms with Gasteiger partial charge < -0.3 is 20.1 Å². The highest BCUT2D eigenvalue weighted by Crippen LogP contribution is 2.28. The lowest BCUT2D eigenvalue weighted by molar-refractivity contribution is -0.141. The number of nitrogens with one attached hydrogen (secondary N) is 1. The summed E-state index contributed by atoms with van der Waals surface area (Å²) in [5, 5.41) is 20.7. The monoisotopic (exact) mass is 291 g/mol. The third-order valence-corrected chi connectivity index (χ3v) is 3.06.